The van der Waals surface area contributed by atoms with Gasteiger partial charge in [0, 0.05) is 0 Å². The summed E-state index contributed by atoms with van der Waals surface area (Å²) >= 11 is 0. The molecule has 9 heavy (non-hydrogen) atoms. The van der Waals surface area contributed by atoms with Gasteiger partial charge < -0.3 is 0 Å². The van der Waals surface area contributed by atoms with Crippen LogP contribution in [0, 0.1) is 0 Å². The second-order valence-corrected chi connectivity index (χ2v) is 1.84. The molecule has 0 saturated carbocycles. The molecule has 42 valence electrons. The normalized spacial score (nSPS) is 8.11. The molecule has 0 atom stereocenters. The molecule has 0 aromatic heterocycles. The van der Waals surface area contributed by atoms with Crippen LogP contribution in [-0.2, 0) is 6.42 Å². The second-order valence-electron chi connectivity index (χ2n) is 1.84. The Hall–Kier alpha value is -0.0138. The van der Waals surface area contributed by atoms with E-state index >= 15 is 0 Å². The standard InChI is InChI=1S/C8H10.Mg/c1-2-8-6-4-3-5-7-8;/h3-7H,2H2,1H3;/q;+2. The average molecular weight is 130 g/mol. The molecule has 1 rings (SSSR count). The third-order valence-electron chi connectivity index (χ3n) is 1.25. The quantitative estimate of drug-likeness (QED) is 0.509. The Morgan fingerprint density at radius 2 is 1.67 bits per heavy atom. The first kappa shape index (κ1) is 8.99. The average Bonchev–Trinajstić information content (AvgIpc) is 1.90. The Kier molecular flexibility index (Phi) is 4.82. The van der Waals surface area contributed by atoms with Gasteiger partial charge in [0.05, 0.1) is 0 Å². The molecule has 0 N–H and O–H groups in total. The van der Waals surface area contributed by atoms with E-state index in [0.717, 1.165) is 6.42 Å². The topological polar surface area (TPSA) is 0 Å². The fourth-order valence-corrected chi connectivity index (χ4v) is 0.714. The molecule has 0 aliphatic carbocycles. The van der Waals surface area contributed by atoms with Crippen LogP contribution in [0.2, 0.25) is 0 Å². The van der Waals surface area contributed by atoms with Gasteiger partial charge in [-0.15, -0.1) is 0 Å². The Balaban J connectivity index is 0.000000640. The molecule has 0 aliphatic heterocycles. The summed E-state index contributed by atoms with van der Waals surface area (Å²) in [4.78, 5) is 0. The van der Waals surface area contributed by atoms with E-state index in [0.29, 0.717) is 0 Å². The van der Waals surface area contributed by atoms with Gasteiger partial charge in [-0.2, -0.15) is 0 Å². The van der Waals surface area contributed by atoms with Crippen LogP contribution in [0.4, 0.5) is 0 Å². The molecule has 0 heterocycles. The summed E-state index contributed by atoms with van der Waals surface area (Å²) in [6.45, 7) is 2.16. The van der Waals surface area contributed by atoms with Gasteiger partial charge in [0.15, 0.2) is 0 Å². The van der Waals surface area contributed by atoms with E-state index in [4.69, 9.17) is 0 Å². The van der Waals surface area contributed by atoms with Gasteiger partial charge in [-0.05, 0) is 12.0 Å². The first-order valence-corrected chi connectivity index (χ1v) is 2.97. The van der Waals surface area contributed by atoms with Crippen LogP contribution in [0.5, 0.6) is 0 Å². The molecule has 1 aromatic carbocycles. The molecule has 0 spiro atoms. The fourth-order valence-electron chi connectivity index (χ4n) is 0.714. The number of hydrogen-bond acceptors (Lipinski definition) is 0. The van der Waals surface area contributed by atoms with Gasteiger partial charge in [-0.3, -0.25) is 0 Å². The van der Waals surface area contributed by atoms with Crippen LogP contribution in [0.3, 0.4) is 0 Å². The predicted molar refractivity (Wildman–Crippen MR) is 41.6 cm³/mol. The number of rotatable bonds is 1. The minimum absolute atomic E-state index is 0. The molecule has 0 unspecified atom stereocenters. The Morgan fingerprint density at radius 1 is 1.11 bits per heavy atom. The van der Waals surface area contributed by atoms with Gasteiger partial charge >= 0.3 is 23.1 Å². The largest absolute Gasteiger partial charge is 2.00 e. The smallest absolute Gasteiger partial charge is 0.0622 e. The number of aryl methyl sites for hydroxylation is 1. The first-order chi connectivity index (χ1) is 3.93. The third kappa shape index (κ3) is 2.87. The Labute approximate surface area is 72.4 Å². The molecule has 0 aliphatic rings. The van der Waals surface area contributed by atoms with E-state index in [2.05, 4.69) is 31.2 Å². The molecule has 0 fully saturated rings. The van der Waals surface area contributed by atoms with Gasteiger partial charge in [-0.25, -0.2) is 0 Å². The van der Waals surface area contributed by atoms with Crippen molar-refractivity contribution >= 4 is 23.1 Å². The van der Waals surface area contributed by atoms with E-state index in [-0.39, 0.29) is 23.1 Å². The molecular formula is C8H10Mg+2. The van der Waals surface area contributed by atoms with Crippen LogP contribution in [0.1, 0.15) is 12.5 Å². The van der Waals surface area contributed by atoms with E-state index in [9.17, 15) is 0 Å². The summed E-state index contributed by atoms with van der Waals surface area (Å²) in [7, 11) is 0. The van der Waals surface area contributed by atoms with Gasteiger partial charge in [-0.1, -0.05) is 37.3 Å². The third-order valence-corrected chi connectivity index (χ3v) is 1.25. The van der Waals surface area contributed by atoms with E-state index in [1.165, 1.54) is 5.56 Å². The summed E-state index contributed by atoms with van der Waals surface area (Å²) < 4.78 is 0. The van der Waals surface area contributed by atoms with Gasteiger partial charge in [0.1, 0.15) is 0 Å². The molecule has 0 nitrogen and oxygen atoms in total. The SMILES string of the molecule is CCc1ccccc1.[Mg+2]. The number of hydrogen-bond donors (Lipinski definition) is 0. The van der Waals surface area contributed by atoms with Crippen molar-refractivity contribution < 1.29 is 0 Å². The molecular weight excluding hydrogens is 120 g/mol. The maximum absolute atomic E-state index is 2.16. The van der Waals surface area contributed by atoms with Gasteiger partial charge in [0.25, 0.3) is 0 Å². The van der Waals surface area contributed by atoms with Crippen molar-refractivity contribution in [2.24, 2.45) is 0 Å². The van der Waals surface area contributed by atoms with Gasteiger partial charge in [0.2, 0.25) is 0 Å². The maximum Gasteiger partial charge on any atom is 2.00 e. The number of benzene rings is 1. The van der Waals surface area contributed by atoms with Crippen LogP contribution >= 0.6 is 0 Å². The van der Waals surface area contributed by atoms with E-state index < -0.39 is 0 Å². The van der Waals surface area contributed by atoms with Crippen molar-refractivity contribution in [2.45, 2.75) is 13.3 Å². The monoisotopic (exact) mass is 130 g/mol. The van der Waals surface area contributed by atoms with Crippen LogP contribution in [0.25, 0.3) is 0 Å². The van der Waals surface area contributed by atoms with Crippen LogP contribution < -0.4 is 0 Å². The van der Waals surface area contributed by atoms with Crippen LogP contribution in [-0.4, -0.2) is 23.1 Å². The van der Waals surface area contributed by atoms with E-state index in [1.54, 1.807) is 0 Å². The van der Waals surface area contributed by atoms with Crippen molar-refractivity contribution in [1.29, 1.82) is 0 Å². The van der Waals surface area contributed by atoms with Crippen molar-refractivity contribution in [2.75, 3.05) is 0 Å². The van der Waals surface area contributed by atoms with Crippen molar-refractivity contribution in [3.63, 3.8) is 0 Å². The summed E-state index contributed by atoms with van der Waals surface area (Å²) in [5, 5.41) is 0. The fraction of sp³-hybridized carbons (Fsp3) is 0.250. The first-order valence-electron chi connectivity index (χ1n) is 2.97. The van der Waals surface area contributed by atoms with E-state index in [1.807, 2.05) is 6.07 Å². The molecule has 1 aromatic rings. The zero-order chi connectivity index (χ0) is 5.82. The minimum Gasteiger partial charge on any atom is -0.0622 e. The summed E-state index contributed by atoms with van der Waals surface area (Å²) in [6, 6.07) is 10.5. The summed E-state index contributed by atoms with van der Waals surface area (Å²) in [5.74, 6) is 0. The molecule has 0 radical (unpaired) electrons. The zero-order valence-corrected chi connectivity index (χ0v) is 7.22. The molecule has 0 saturated heterocycles. The second kappa shape index (κ2) is 4.83. The Bertz CT molecular complexity index is 146. The summed E-state index contributed by atoms with van der Waals surface area (Å²) in [5.41, 5.74) is 1.41. The van der Waals surface area contributed by atoms with Crippen LogP contribution in [0.15, 0.2) is 30.3 Å². The maximum atomic E-state index is 2.16. The molecule has 0 bridgehead atoms. The molecule has 1 heteroatoms. The zero-order valence-electron chi connectivity index (χ0n) is 5.80. The van der Waals surface area contributed by atoms with Crippen molar-refractivity contribution in [3.05, 3.63) is 35.9 Å². The van der Waals surface area contributed by atoms with Crippen molar-refractivity contribution in [3.8, 4) is 0 Å². The predicted octanol–water partition coefficient (Wildman–Crippen LogP) is 1.87. The van der Waals surface area contributed by atoms with Crippen molar-refractivity contribution in [1.82, 2.24) is 0 Å². The minimum atomic E-state index is 0. The Morgan fingerprint density at radius 3 is 2.00 bits per heavy atom. The summed E-state index contributed by atoms with van der Waals surface area (Å²) in [6.07, 6.45) is 1.14. The molecule has 0 amide bonds.